The van der Waals surface area contributed by atoms with Crippen LogP contribution in [0.5, 0.6) is 5.75 Å². The molecule has 3 heteroatoms. The predicted molar refractivity (Wildman–Crippen MR) is 126 cm³/mol. The highest BCUT2D eigenvalue weighted by atomic mass is 19.1. The van der Waals surface area contributed by atoms with Crippen molar-refractivity contribution in [2.75, 3.05) is 0 Å². The smallest absolute Gasteiger partial charge is 0.168 e. The third-order valence-corrected chi connectivity index (χ3v) is 8.30. The van der Waals surface area contributed by atoms with Gasteiger partial charge in [-0.25, -0.2) is 4.39 Å². The fourth-order valence-electron chi connectivity index (χ4n) is 6.15. The molecule has 0 spiro atoms. The van der Waals surface area contributed by atoms with Gasteiger partial charge in [-0.2, -0.15) is 0 Å². The van der Waals surface area contributed by atoms with Crippen molar-refractivity contribution in [2.24, 2.45) is 23.7 Å². The Labute approximate surface area is 189 Å². The Bertz CT molecular complexity index is 697. The predicted octanol–water partition coefficient (Wildman–Crippen LogP) is 8.25. The highest BCUT2D eigenvalue weighted by Crippen LogP contribution is 2.43. The van der Waals surface area contributed by atoms with Crippen molar-refractivity contribution in [3.05, 3.63) is 29.1 Å². The topological polar surface area (TPSA) is 37.3 Å². The summed E-state index contributed by atoms with van der Waals surface area (Å²) in [6.07, 6.45) is 18.5. The number of hydrogen-bond donors (Lipinski definition) is 1. The molecule has 0 radical (unpaired) electrons. The van der Waals surface area contributed by atoms with Gasteiger partial charge in [0.25, 0.3) is 0 Å². The van der Waals surface area contributed by atoms with Crippen LogP contribution < -0.4 is 0 Å². The van der Waals surface area contributed by atoms with E-state index in [2.05, 4.69) is 6.92 Å². The van der Waals surface area contributed by atoms with Crippen LogP contribution in [0.4, 0.5) is 4.39 Å². The summed E-state index contributed by atoms with van der Waals surface area (Å²) in [7, 11) is 0. The number of hydrogen-bond acceptors (Lipinski definition) is 2. The van der Waals surface area contributed by atoms with Gasteiger partial charge in [-0.05, 0) is 73.8 Å². The largest absolute Gasteiger partial charge is 0.504 e. The van der Waals surface area contributed by atoms with Gasteiger partial charge in [0.05, 0.1) is 5.56 Å². The van der Waals surface area contributed by atoms with Gasteiger partial charge in [-0.3, -0.25) is 4.79 Å². The number of unbranched alkanes of at least 4 members (excludes halogenated alkanes) is 2. The molecule has 0 heterocycles. The SMILES string of the molecule is CCCCCC1CCC(C2CCC(CCc3ccc(C(=O)CC)c(O)c3F)CC2)CC1. The fourth-order valence-corrected chi connectivity index (χ4v) is 6.15. The maximum atomic E-state index is 14.5. The number of phenolic OH excluding ortho intramolecular Hbond substituents is 1. The van der Waals surface area contributed by atoms with E-state index in [4.69, 9.17) is 0 Å². The number of aromatic hydroxyl groups is 1. The van der Waals surface area contributed by atoms with E-state index in [9.17, 15) is 14.3 Å². The van der Waals surface area contributed by atoms with Gasteiger partial charge in [-0.15, -0.1) is 0 Å². The van der Waals surface area contributed by atoms with Crippen LogP contribution in [0.15, 0.2) is 12.1 Å². The van der Waals surface area contributed by atoms with Gasteiger partial charge < -0.3 is 5.11 Å². The molecule has 0 unspecified atom stereocenters. The molecule has 1 aromatic rings. The summed E-state index contributed by atoms with van der Waals surface area (Å²) in [5.74, 6) is 2.25. The molecule has 2 aliphatic rings. The molecule has 2 saturated carbocycles. The molecule has 2 nitrogen and oxygen atoms in total. The number of aryl methyl sites for hydroxylation is 1. The molecule has 0 aromatic heterocycles. The second kappa shape index (κ2) is 12.0. The van der Waals surface area contributed by atoms with Crippen molar-refractivity contribution >= 4 is 5.78 Å². The molecule has 2 fully saturated rings. The van der Waals surface area contributed by atoms with E-state index < -0.39 is 11.6 Å². The Morgan fingerprint density at radius 1 is 0.903 bits per heavy atom. The molecular weight excluding hydrogens is 387 g/mol. The molecule has 1 N–H and O–H groups in total. The second-order valence-electron chi connectivity index (χ2n) is 10.3. The summed E-state index contributed by atoms with van der Waals surface area (Å²) in [6.45, 7) is 4.02. The van der Waals surface area contributed by atoms with E-state index in [1.807, 2.05) is 0 Å². The maximum absolute atomic E-state index is 14.5. The van der Waals surface area contributed by atoms with Crippen LogP contribution in [0.1, 0.15) is 120 Å². The van der Waals surface area contributed by atoms with E-state index in [-0.39, 0.29) is 17.8 Å². The van der Waals surface area contributed by atoms with Gasteiger partial charge in [0.2, 0.25) is 0 Å². The minimum absolute atomic E-state index is 0.115. The van der Waals surface area contributed by atoms with Crippen LogP contribution in [0, 0.1) is 29.5 Å². The summed E-state index contributed by atoms with van der Waals surface area (Å²) in [5, 5.41) is 10.1. The van der Waals surface area contributed by atoms with Gasteiger partial charge in [0, 0.05) is 6.42 Å². The number of halogens is 1. The molecule has 2 aliphatic carbocycles. The van der Waals surface area contributed by atoms with Crippen LogP contribution >= 0.6 is 0 Å². The summed E-state index contributed by atoms with van der Waals surface area (Å²) >= 11 is 0. The van der Waals surface area contributed by atoms with Crippen molar-refractivity contribution < 1.29 is 14.3 Å². The van der Waals surface area contributed by atoms with Crippen molar-refractivity contribution in [1.82, 2.24) is 0 Å². The van der Waals surface area contributed by atoms with E-state index in [0.29, 0.717) is 17.9 Å². The second-order valence-corrected chi connectivity index (χ2v) is 10.3. The molecule has 0 saturated heterocycles. The van der Waals surface area contributed by atoms with E-state index in [1.165, 1.54) is 77.0 Å². The molecule has 0 amide bonds. The normalized spacial score (nSPS) is 26.7. The Kier molecular flexibility index (Phi) is 9.41. The Morgan fingerprint density at radius 3 is 2.03 bits per heavy atom. The van der Waals surface area contributed by atoms with Crippen LogP contribution in [0.3, 0.4) is 0 Å². The molecule has 174 valence electrons. The van der Waals surface area contributed by atoms with Crippen LogP contribution in [-0.2, 0) is 6.42 Å². The highest BCUT2D eigenvalue weighted by Gasteiger charge is 2.30. The maximum Gasteiger partial charge on any atom is 0.168 e. The third kappa shape index (κ3) is 6.56. The lowest BCUT2D eigenvalue weighted by Crippen LogP contribution is -2.26. The lowest BCUT2D eigenvalue weighted by Gasteiger charge is -2.38. The number of carbonyl (C=O) groups excluding carboxylic acids is 1. The first kappa shape index (κ1) is 24.3. The van der Waals surface area contributed by atoms with Crippen molar-refractivity contribution in [3.63, 3.8) is 0 Å². The van der Waals surface area contributed by atoms with Gasteiger partial charge in [0.15, 0.2) is 17.3 Å². The minimum Gasteiger partial charge on any atom is -0.504 e. The summed E-state index contributed by atoms with van der Waals surface area (Å²) in [6, 6.07) is 3.29. The lowest BCUT2D eigenvalue weighted by atomic mass is 9.68. The molecule has 0 aliphatic heterocycles. The van der Waals surface area contributed by atoms with Crippen LogP contribution in [0.25, 0.3) is 0 Å². The Morgan fingerprint density at radius 2 is 1.48 bits per heavy atom. The first-order chi connectivity index (χ1) is 15.0. The number of benzene rings is 1. The van der Waals surface area contributed by atoms with E-state index in [1.54, 1.807) is 19.1 Å². The first-order valence-corrected chi connectivity index (χ1v) is 13.1. The zero-order valence-corrected chi connectivity index (χ0v) is 19.8. The summed E-state index contributed by atoms with van der Waals surface area (Å²) < 4.78 is 14.5. The monoisotopic (exact) mass is 430 g/mol. The fraction of sp³-hybridized carbons (Fsp3) is 0.750. The first-order valence-electron chi connectivity index (χ1n) is 13.1. The van der Waals surface area contributed by atoms with Gasteiger partial charge >= 0.3 is 0 Å². The number of carbonyl (C=O) groups is 1. The molecule has 31 heavy (non-hydrogen) atoms. The molecular formula is C28H43FO2. The number of phenols is 1. The summed E-state index contributed by atoms with van der Waals surface area (Å²) in [5.41, 5.74) is 0.665. The molecule has 0 atom stereocenters. The van der Waals surface area contributed by atoms with Crippen LogP contribution in [0.2, 0.25) is 0 Å². The standard InChI is InChI=1S/C28H43FO2/c1-3-5-6-7-20-8-13-22(14-9-20)23-15-10-21(11-16-23)12-17-24-18-19-25(26(30)4-2)28(31)27(24)29/h18-23,31H,3-17H2,1-2H3. The number of Topliss-reactive ketones (excluding diaryl/α,β-unsaturated/α-hetero) is 1. The average molecular weight is 431 g/mol. The van der Waals surface area contributed by atoms with Crippen LogP contribution in [-0.4, -0.2) is 10.9 Å². The van der Waals surface area contributed by atoms with Gasteiger partial charge in [-0.1, -0.05) is 71.3 Å². The molecule has 0 bridgehead atoms. The van der Waals surface area contributed by atoms with E-state index in [0.717, 1.165) is 24.2 Å². The Hall–Kier alpha value is -1.38. The molecule has 3 rings (SSSR count). The number of rotatable bonds is 10. The quantitative estimate of drug-likeness (QED) is 0.300. The average Bonchev–Trinajstić information content (AvgIpc) is 2.80. The zero-order valence-electron chi connectivity index (χ0n) is 19.8. The van der Waals surface area contributed by atoms with Gasteiger partial charge in [0.1, 0.15) is 0 Å². The van der Waals surface area contributed by atoms with Crippen molar-refractivity contribution in [1.29, 1.82) is 0 Å². The van der Waals surface area contributed by atoms with Crippen molar-refractivity contribution in [3.8, 4) is 5.75 Å². The Balaban J connectivity index is 1.40. The molecule has 1 aromatic carbocycles. The summed E-state index contributed by atoms with van der Waals surface area (Å²) in [4.78, 5) is 11.8. The minimum atomic E-state index is -0.594. The third-order valence-electron chi connectivity index (χ3n) is 8.30. The zero-order chi connectivity index (χ0) is 22.2. The van der Waals surface area contributed by atoms with E-state index >= 15 is 0 Å². The highest BCUT2D eigenvalue weighted by molar-refractivity contribution is 5.98. The van der Waals surface area contributed by atoms with Crippen molar-refractivity contribution in [2.45, 2.75) is 110 Å². The lowest BCUT2D eigenvalue weighted by molar-refractivity contribution is 0.0984. The number of ketones is 1.